The van der Waals surface area contributed by atoms with Gasteiger partial charge in [-0.2, -0.15) is 5.26 Å². The molecule has 0 saturated carbocycles. The molecule has 2 rings (SSSR count). The molecule has 0 aliphatic rings. The van der Waals surface area contributed by atoms with Gasteiger partial charge in [-0.05, 0) is 17.7 Å². The largest absolute Gasteiger partial charge is 0.496 e. The maximum absolute atomic E-state index is 12.1. The molecule has 0 aromatic heterocycles. The van der Waals surface area contributed by atoms with E-state index < -0.39 is 5.91 Å². The summed E-state index contributed by atoms with van der Waals surface area (Å²) in [6, 6.07) is 18.7. The SMILES string of the molecule is COc1ccccc1C=C(C#N)C(=O)NCc1ccccc1. The van der Waals surface area contributed by atoms with Crippen molar-refractivity contribution in [3.63, 3.8) is 0 Å². The van der Waals surface area contributed by atoms with Gasteiger partial charge in [-0.25, -0.2) is 0 Å². The van der Waals surface area contributed by atoms with Gasteiger partial charge in [0.05, 0.1) is 7.11 Å². The van der Waals surface area contributed by atoms with Gasteiger partial charge in [0.2, 0.25) is 0 Å². The number of nitrogens with one attached hydrogen (secondary N) is 1. The predicted octanol–water partition coefficient (Wildman–Crippen LogP) is 2.92. The summed E-state index contributed by atoms with van der Waals surface area (Å²) in [5.74, 6) is 0.211. The monoisotopic (exact) mass is 292 g/mol. The molecule has 0 aliphatic heterocycles. The van der Waals surface area contributed by atoms with Crippen LogP contribution in [0.1, 0.15) is 11.1 Å². The van der Waals surface area contributed by atoms with Crippen molar-refractivity contribution >= 4 is 12.0 Å². The van der Waals surface area contributed by atoms with E-state index in [9.17, 15) is 10.1 Å². The zero-order valence-electron chi connectivity index (χ0n) is 12.2. The maximum atomic E-state index is 12.1. The van der Waals surface area contributed by atoms with Gasteiger partial charge in [0.1, 0.15) is 17.4 Å². The fraction of sp³-hybridized carbons (Fsp3) is 0.111. The van der Waals surface area contributed by atoms with Crippen LogP contribution in [-0.2, 0) is 11.3 Å². The lowest BCUT2D eigenvalue weighted by Crippen LogP contribution is -2.23. The topological polar surface area (TPSA) is 62.1 Å². The average Bonchev–Trinajstić information content (AvgIpc) is 2.58. The number of ether oxygens (including phenoxy) is 1. The smallest absolute Gasteiger partial charge is 0.262 e. The van der Waals surface area contributed by atoms with Crippen molar-refractivity contribution in [2.24, 2.45) is 0 Å². The highest BCUT2D eigenvalue weighted by Gasteiger charge is 2.10. The third-order valence-electron chi connectivity index (χ3n) is 3.10. The Balaban J connectivity index is 2.12. The fourth-order valence-corrected chi connectivity index (χ4v) is 1.96. The molecule has 0 aliphatic carbocycles. The first-order chi connectivity index (χ1) is 10.7. The molecular formula is C18H16N2O2. The number of nitriles is 1. The molecule has 0 saturated heterocycles. The summed E-state index contributed by atoms with van der Waals surface area (Å²) in [6.07, 6.45) is 1.53. The molecule has 0 radical (unpaired) electrons. The van der Waals surface area contributed by atoms with Gasteiger partial charge in [-0.3, -0.25) is 4.79 Å². The molecule has 2 aromatic carbocycles. The summed E-state index contributed by atoms with van der Waals surface area (Å²) in [7, 11) is 1.55. The molecule has 22 heavy (non-hydrogen) atoms. The van der Waals surface area contributed by atoms with Crippen LogP contribution in [0.5, 0.6) is 5.75 Å². The van der Waals surface area contributed by atoms with Gasteiger partial charge in [0, 0.05) is 12.1 Å². The summed E-state index contributed by atoms with van der Waals surface area (Å²) in [4.78, 5) is 12.1. The van der Waals surface area contributed by atoms with Crippen LogP contribution in [0.15, 0.2) is 60.2 Å². The standard InChI is InChI=1S/C18H16N2O2/c1-22-17-10-6-5-9-15(17)11-16(12-19)18(21)20-13-14-7-3-2-4-8-14/h2-11H,13H2,1H3,(H,20,21). The van der Waals surface area contributed by atoms with E-state index in [1.54, 1.807) is 19.2 Å². The second-order valence-corrected chi connectivity index (χ2v) is 4.58. The van der Waals surface area contributed by atoms with Crippen LogP contribution in [0.2, 0.25) is 0 Å². The number of hydrogen-bond donors (Lipinski definition) is 1. The molecule has 2 aromatic rings. The Morgan fingerprint density at radius 1 is 1.18 bits per heavy atom. The Morgan fingerprint density at radius 2 is 1.86 bits per heavy atom. The highest BCUT2D eigenvalue weighted by atomic mass is 16.5. The second-order valence-electron chi connectivity index (χ2n) is 4.58. The minimum Gasteiger partial charge on any atom is -0.496 e. The van der Waals surface area contributed by atoms with Crippen molar-refractivity contribution in [2.45, 2.75) is 6.54 Å². The minimum absolute atomic E-state index is 0.0421. The van der Waals surface area contributed by atoms with Gasteiger partial charge in [-0.1, -0.05) is 48.5 Å². The lowest BCUT2D eigenvalue weighted by Gasteiger charge is -2.06. The zero-order chi connectivity index (χ0) is 15.8. The predicted molar refractivity (Wildman–Crippen MR) is 84.9 cm³/mol. The molecule has 0 heterocycles. The summed E-state index contributed by atoms with van der Waals surface area (Å²) >= 11 is 0. The van der Waals surface area contributed by atoms with Crippen molar-refractivity contribution in [1.82, 2.24) is 5.32 Å². The van der Waals surface area contributed by atoms with E-state index in [-0.39, 0.29) is 5.57 Å². The molecule has 0 fully saturated rings. The summed E-state index contributed by atoms with van der Waals surface area (Å²) < 4.78 is 5.21. The van der Waals surface area contributed by atoms with E-state index in [1.165, 1.54) is 6.08 Å². The first kappa shape index (κ1) is 15.3. The number of para-hydroxylation sites is 1. The van der Waals surface area contributed by atoms with Crippen LogP contribution in [0, 0.1) is 11.3 Å². The normalized spacial score (nSPS) is 10.6. The number of benzene rings is 2. The number of rotatable bonds is 5. The van der Waals surface area contributed by atoms with E-state index in [1.807, 2.05) is 48.5 Å². The molecule has 0 bridgehead atoms. The Hall–Kier alpha value is -3.06. The second kappa shape index (κ2) is 7.65. The first-order valence-corrected chi connectivity index (χ1v) is 6.81. The van der Waals surface area contributed by atoms with Gasteiger partial charge in [0.25, 0.3) is 5.91 Å². The number of nitrogens with zero attached hydrogens (tertiary/aromatic N) is 1. The third-order valence-corrected chi connectivity index (χ3v) is 3.10. The van der Waals surface area contributed by atoms with Crippen molar-refractivity contribution in [3.05, 3.63) is 71.3 Å². The van der Waals surface area contributed by atoms with E-state index in [0.717, 1.165) is 5.56 Å². The molecule has 110 valence electrons. The quantitative estimate of drug-likeness (QED) is 0.681. The van der Waals surface area contributed by atoms with E-state index in [4.69, 9.17) is 4.74 Å². The minimum atomic E-state index is -0.405. The van der Waals surface area contributed by atoms with E-state index in [2.05, 4.69) is 5.32 Å². The van der Waals surface area contributed by atoms with Gasteiger partial charge < -0.3 is 10.1 Å². The van der Waals surface area contributed by atoms with Crippen LogP contribution < -0.4 is 10.1 Å². The Bertz CT molecular complexity index is 715. The highest BCUT2D eigenvalue weighted by Crippen LogP contribution is 2.20. The van der Waals surface area contributed by atoms with E-state index >= 15 is 0 Å². The molecule has 0 unspecified atom stereocenters. The van der Waals surface area contributed by atoms with Crippen LogP contribution in [0.3, 0.4) is 0 Å². The summed E-state index contributed by atoms with van der Waals surface area (Å²) in [5.41, 5.74) is 1.71. The zero-order valence-corrected chi connectivity index (χ0v) is 12.2. The maximum Gasteiger partial charge on any atom is 0.262 e. The van der Waals surface area contributed by atoms with Crippen molar-refractivity contribution in [3.8, 4) is 11.8 Å². The third kappa shape index (κ3) is 3.97. The lowest BCUT2D eigenvalue weighted by atomic mass is 10.1. The number of methoxy groups -OCH3 is 1. The Labute approximate surface area is 129 Å². The van der Waals surface area contributed by atoms with Crippen LogP contribution in [0.4, 0.5) is 0 Å². The highest BCUT2D eigenvalue weighted by molar-refractivity contribution is 6.01. The summed E-state index contributed by atoms with van der Waals surface area (Å²) in [5, 5.41) is 11.9. The number of hydrogen-bond acceptors (Lipinski definition) is 3. The van der Waals surface area contributed by atoms with Gasteiger partial charge >= 0.3 is 0 Å². The molecule has 1 N–H and O–H groups in total. The molecule has 0 spiro atoms. The fourth-order valence-electron chi connectivity index (χ4n) is 1.96. The molecule has 0 atom stereocenters. The van der Waals surface area contributed by atoms with Gasteiger partial charge in [-0.15, -0.1) is 0 Å². The molecule has 1 amide bonds. The number of carbonyl (C=O) groups excluding carboxylic acids is 1. The Morgan fingerprint density at radius 3 is 2.55 bits per heavy atom. The average molecular weight is 292 g/mol. The van der Waals surface area contributed by atoms with E-state index in [0.29, 0.717) is 17.9 Å². The molecule has 4 heteroatoms. The van der Waals surface area contributed by atoms with Crippen molar-refractivity contribution < 1.29 is 9.53 Å². The molecule has 4 nitrogen and oxygen atoms in total. The molecular weight excluding hydrogens is 276 g/mol. The van der Waals surface area contributed by atoms with Crippen molar-refractivity contribution in [1.29, 1.82) is 5.26 Å². The lowest BCUT2D eigenvalue weighted by molar-refractivity contribution is -0.117. The van der Waals surface area contributed by atoms with Crippen LogP contribution in [-0.4, -0.2) is 13.0 Å². The number of amides is 1. The summed E-state index contributed by atoms with van der Waals surface area (Å²) in [6.45, 7) is 0.380. The first-order valence-electron chi connectivity index (χ1n) is 6.81. The number of carbonyl (C=O) groups is 1. The van der Waals surface area contributed by atoms with Crippen molar-refractivity contribution in [2.75, 3.05) is 7.11 Å². The van der Waals surface area contributed by atoms with Gasteiger partial charge in [0.15, 0.2) is 0 Å². The van der Waals surface area contributed by atoms with Crippen LogP contribution in [0.25, 0.3) is 6.08 Å². The Kier molecular flexibility index (Phi) is 5.33. The van der Waals surface area contributed by atoms with Crippen LogP contribution >= 0.6 is 0 Å².